The van der Waals surface area contributed by atoms with Gasteiger partial charge in [0.1, 0.15) is 5.75 Å². The molecule has 0 aromatic heterocycles. The van der Waals surface area contributed by atoms with Crippen LogP contribution < -0.4 is 0 Å². The highest BCUT2D eigenvalue weighted by molar-refractivity contribution is 6.30. The van der Waals surface area contributed by atoms with E-state index in [9.17, 15) is 9.90 Å². The maximum absolute atomic E-state index is 10.3. The van der Waals surface area contributed by atoms with Gasteiger partial charge in [-0.15, -0.1) is 0 Å². The SMILES string of the molecule is O=C(O)C(O)c1ccc(Cl)cc1O. The van der Waals surface area contributed by atoms with Gasteiger partial charge in [-0.05, 0) is 12.1 Å². The maximum Gasteiger partial charge on any atom is 0.337 e. The van der Waals surface area contributed by atoms with Crippen LogP contribution in [0.25, 0.3) is 0 Å². The average Bonchev–Trinajstić information content (AvgIpc) is 2.03. The van der Waals surface area contributed by atoms with Gasteiger partial charge in [0.2, 0.25) is 0 Å². The second-order valence-electron chi connectivity index (χ2n) is 2.44. The summed E-state index contributed by atoms with van der Waals surface area (Å²) in [5.74, 6) is -1.75. The molecular formula is C8H7ClO4. The first-order valence-corrected chi connectivity index (χ1v) is 3.79. The highest BCUT2D eigenvalue weighted by Gasteiger charge is 2.19. The van der Waals surface area contributed by atoms with E-state index in [1.807, 2.05) is 0 Å². The van der Waals surface area contributed by atoms with Gasteiger partial charge in [0, 0.05) is 10.6 Å². The third-order valence-corrected chi connectivity index (χ3v) is 1.76. The molecule has 0 aliphatic rings. The van der Waals surface area contributed by atoms with Crippen LogP contribution in [0.15, 0.2) is 18.2 Å². The zero-order valence-electron chi connectivity index (χ0n) is 6.44. The normalized spacial score (nSPS) is 12.5. The Balaban J connectivity index is 3.08. The number of aliphatic hydroxyl groups is 1. The Hall–Kier alpha value is -1.26. The lowest BCUT2D eigenvalue weighted by Crippen LogP contribution is -2.10. The third-order valence-electron chi connectivity index (χ3n) is 1.52. The molecule has 0 aliphatic carbocycles. The number of carboxylic acid groups (broad SMARTS) is 1. The number of aliphatic carboxylic acids is 1. The van der Waals surface area contributed by atoms with Crippen molar-refractivity contribution >= 4 is 17.6 Å². The van der Waals surface area contributed by atoms with Crippen LogP contribution in [0.3, 0.4) is 0 Å². The van der Waals surface area contributed by atoms with E-state index in [4.69, 9.17) is 21.8 Å². The smallest absolute Gasteiger partial charge is 0.337 e. The van der Waals surface area contributed by atoms with Crippen molar-refractivity contribution in [3.63, 3.8) is 0 Å². The average molecular weight is 203 g/mol. The van der Waals surface area contributed by atoms with Crippen LogP contribution in [-0.2, 0) is 4.79 Å². The minimum atomic E-state index is -1.72. The summed E-state index contributed by atoms with van der Waals surface area (Å²) in [6.45, 7) is 0. The summed E-state index contributed by atoms with van der Waals surface area (Å²) in [5.41, 5.74) is -0.0723. The van der Waals surface area contributed by atoms with E-state index in [0.29, 0.717) is 0 Å². The second kappa shape index (κ2) is 3.64. The Morgan fingerprint density at radius 2 is 2.08 bits per heavy atom. The molecule has 13 heavy (non-hydrogen) atoms. The molecule has 1 aromatic rings. The van der Waals surface area contributed by atoms with Crippen molar-refractivity contribution < 1.29 is 20.1 Å². The molecule has 1 rings (SSSR count). The van der Waals surface area contributed by atoms with Gasteiger partial charge in [0.25, 0.3) is 0 Å². The van der Waals surface area contributed by atoms with Crippen LogP contribution in [0.1, 0.15) is 11.7 Å². The predicted molar refractivity (Wildman–Crippen MR) is 45.7 cm³/mol. The molecule has 0 radical (unpaired) electrons. The number of benzene rings is 1. The van der Waals surface area contributed by atoms with Crippen molar-refractivity contribution in [2.45, 2.75) is 6.10 Å². The van der Waals surface area contributed by atoms with Crippen LogP contribution >= 0.6 is 11.6 Å². The molecule has 0 bridgehead atoms. The number of phenols is 1. The molecule has 3 N–H and O–H groups in total. The number of hydrogen-bond acceptors (Lipinski definition) is 3. The van der Waals surface area contributed by atoms with Crippen LogP contribution in [0, 0.1) is 0 Å². The molecule has 1 atom stereocenters. The number of rotatable bonds is 2. The second-order valence-corrected chi connectivity index (χ2v) is 2.88. The van der Waals surface area contributed by atoms with Gasteiger partial charge < -0.3 is 15.3 Å². The quantitative estimate of drug-likeness (QED) is 0.673. The lowest BCUT2D eigenvalue weighted by Gasteiger charge is -2.07. The van der Waals surface area contributed by atoms with Crippen LogP contribution in [0.5, 0.6) is 5.75 Å². The molecular weight excluding hydrogens is 196 g/mol. The lowest BCUT2D eigenvalue weighted by atomic mass is 10.1. The van der Waals surface area contributed by atoms with Gasteiger partial charge >= 0.3 is 5.97 Å². The van der Waals surface area contributed by atoms with Gasteiger partial charge in [-0.1, -0.05) is 17.7 Å². The number of carbonyl (C=O) groups is 1. The minimum absolute atomic E-state index is 0.0723. The van der Waals surface area contributed by atoms with Gasteiger partial charge in [0.05, 0.1) is 0 Å². The largest absolute Gasteiger partial charge is 0.507 e. The van der Waals surface area contributed by atoms with Crippen LogP contribution in [-0.4, -0.2) is 21.3 Å². The van der Waals surface area contributed by atoms with Crippen molar-refractivity contribution in [1.82, 2.24) is 0 Å². The van der Waals surface area contributed by atoms with Gasteiger partial charge in [-0.2, -0.15) is 0 Å². The number of hydrogen-bond donors (Lipinski definition) is 3. The highest BCUT2D eigenvalue weighted by Crippen LogP contribution is 2.27. The van der Waals surface area contributed by atoms with Crippen molar-refractivity contribution in [2.75, 3.05) is 0 Å². The van der Waals surface area contributed by atoms with Crippen molar-refractivity contribution in [3.05, 3.63) is 28.8 Å². The number of aromatic hydroxyl groups is 1. The van der Waals surface area contributed by atoms with E-state index in [-0.39, 0.29) is 16.3 Å². The Bertz CT molecular complexity index is 337. The fraction of sp³-hybridized carbons (Fsp3) is 0.125. The zero-order valence-corrected chi connectivity index (χ0v) is 7.19. The molecule has 70 valence electrons. The molecule has 0 aliphatic heterocycles. The number of halogens is 1. The fourth-order valence-corrected chi connectivity index (χ4v) is 1.05. The minimum Gasteiger partial charge on any atom is -0.507 e. The Morgan fingerprint density at radius 1 is 1.46 bits per heavy atom. The summed E-state index contributed by atoms with van der Waals surface area (Å²) in [6.07, 6.45) is -1.72. The van der Waals surface area contributed by atoms with Crippen molar-refractivity contribution in [3.8, 4) is 5.75 Å². The Kier molecular flexibility index (Phi) is 2.75. The molecule has 0 saturated carbocycles. The molecule has 0 heterocycles. The standard InChI is InChI=1S/C8H7ClO4/c9-4-1-2-5(6(10)3-4)7(11)8(12)13/h1-3,7,10-11H,(H,12,13). The van der Waals surface area contributed by atoms with E-state index in [0.717, 1.165) is 0 Å². The number of aliphatic hydroxyl groups excluding tert-OH is 1. The summed E-state index contributed by atoms with van der Waals surface area (Å²) in [5, 5.41) is 27.0. The molecule has 0 spiro atoms. The molecule has 4 nitrogen and oxygen atoms in total. The first-order chi connectivity index (χ1) is 6.02. The van der Waals surface area contributed by atoms with Crippen LogP contribution in [0.4, 0.5) is 0 Å². The Labute approximate surface area is 79.0 Å². The molecule has 1 unspecified atom stereocenters. The van der Waals surface area contributed by atoms with Crippen LogP contribution in [0.2, 0.25) is 5.02 Å². The third kappa shape index (κ3) is 2.11. The zero-order chi connectivity index (χ0) is 10.0. The summed E-state index contributed by atoms with van der Waals surface area (Å²) in [4.78, 5) is 10.3. The molecule has 0 amide bonds. The van der Waals surface area contributed by atoms with E-state index < -0.39 is 12.1 Å². The maximum atomic E-state index is 10.3. The first kappa shape index (κ1) is 9.83. The Morgan fingerprint density at radius 3 is 2.54 bits per heavy atom. The van der Waals surface area contributed by atoms with Crippen molar-refractivity contribution in [1.29, 1.82) is 0 Å². The summed E-state index contributed by atoms with van der Waals surface area (Å²) in [6, 6.07) is 3.82. The monoisotopic (exact) mass is 202 g/mol. The van der Waals surface area contributed by atoms with Gasteiger partial charge in [-0.3, -0.25) is 0 Å². The van der Waals surface area contributed by atoms with Gasteiger partial charge in [0.15, 0.2) is 6.10 Å². The predicted octanol–water partition coefficient (Wildman–Crippen LogP) is 1.16. The highest BCUT2D eigenvalue weighted by atomic mass is 35.5. The molecule has 0 fully saturated rings. The molecule has 1 aromatic carbocycles. The van der Waals surface area contributed by atoms with Crippen molar-refractivity contribution in [2.24, 2.45) is 0 Å². The van der Waals surface area contributed by atoms with Gasteiger partial charge in [-0.25, -0.2) is 4.79 Å². The number of carboxylic acids is 1. The molecule has 0 saturated heterocycles. The molecule has 5 heteroatoms. The fourth-order valence-electron chi connectivity index (χ4n) is 0.881. The van der Waals surface area contributed by atoms with E-state index in [1.54, 1.807) is 0 Å². The number of phenolic OH excluding ortho intramolecular Hbond substituents is 1. The summed E-state index contributed by atoms with van der Waals surface area (Å²) < 4.78 is 0. The lowest BCUT2D eigenvalue weighted by molar-refractivity contribution is -0.147. The van der Waals surface area contributed by atoms with E-state index in [2.05, 4.69) is 0 Å². The van der Waals surface area contributed by atoms with E-state index in [1.165, 1.54) is 18.2 Å². The first-order valence-electron chi connectivity index (χ1n) is 3.41. The van der Waals surface area contributed by atoms with E-state index >= 15 is 0 Å². The topological polar surface area (TPSA) is 77.8 Å². The summed E-state index contributed by atoms with van der Waals surface area (Å²) >= 11 is 5.51. The summed E-state index contributed by atoms with van der Waals surface area (Å²) in [7, 11) is 0.